The van der Waals surface area contributed by atoms with E-state index in [0.717, 1.165) is 43.9 Å². The van der Waals surface area contributed by atoms with Gasteiger partial charge in [-0.1, -0.05) is 118 Å². The number of carbonyl (C=O) groups is 22. The van der Waals surface area contributed by atoms with Crippen molar-refractivity contribution in [1.82, 2.24) is 19.6 Å². The van der Waals surface area contributed by atoms with Gasteiger partial charge in [0.1, 0.15) is 28.9 Å². The summed E-state index contributed by atoms with van der Waals surface area (Å²) in [6, 6.07) is 0. The fourth-order valence-electron chi connectivity index (χ4n) is 8.46. The molecule has 131 heavy (non-hydrogen) atoms. The summed E-state index contributed by atoms with van der Waals surface area (Å²) in [6.07, 6.45) is 24.2. The smallest absolute Gasteiger partial charge is 0.542 e. The Hall–Kier alpha value is 4.34. The molecule has 4 atom stereocenters. The summed E-state index contributed by atoms with van der Waals surface area (Å²) in [5, 5.41) is 0. The molecule has 8 amide bonds. The summed E-state index contributed by atoms with van der Waals surface area (Å²) in [6.45, 7) is 43.7. The van der Waals surface area contributed by atoms with Gasteiger partial charge in [0, 0.05) is 567 Å². The van der Waals surface area contributed by atoms with Crippen LogP contribution in [-0.4, -0.2) is 187 Å². The Bertz CT molecular complexity index is 3510. The van der Waals surface area contributed by atoms with Gasteiger partial charge < -0.3 is 55.5 Å². The third-order valence-corrected chi connectivity index (χ3v) is 16.8. The molecule has 42 heteroatoms. The van der Waals surface area contributed by atoms with Crippen LogP contribution in [0.25, 0.3) is 0 Å². The Morgan fingerprint density at radius 3 is 0.840 bits per heavy atom. The van der Waals surface area contributed by atoms with Crippen molar-refractivity contribution in [3.8, 4) is 11.8 Å². The molecule has 12 radical (unpaired) electrons. The number of Topliss-reactive ketones (excluding diaryl/α,β-unsaturated/α-hetero) is 13. The number of rotatable bonds is 39. The molecule has 4 rings (SSSR count). The second kappa shape index (κ2) is 121. The molecular weight excluding hydrogens is 2750 g/mol. The Morgan fingerprint density at radius 2 is 0.626 bits per heavy atom. The van der Waals surface area contributed by atoms with Crippen LogP contribution >= 0.6 is 0 Å². The van der Waals surface area contributed by atoms with Crippen molar-refractivity contribution < 1.29 is 573 Å². The Kier molecular flexibility index (Phi) is 173. The fourth-order valence-corrected chi connectivity index (χ4v) is 8.46. The number of imide groups is 4. The first-order valence-corrected chi connectivity index (χ1v) is 39.2. The summed E-state index contributed by atoms with van der Waals surface area (Å²) >= 11 is 0. The maximum Gasteiger partial charge on any atom is 3.00 e. The molecule has 0 aromatic rings. The third kappa shape index (κ3) is 97.5. The van der Waals surface area contributed by atoms with E-state index >= 15 is 0 Å². The molecule has 0 N–H and O–H groups in total. The molecule has 0 aromatic carbocycles. The van der Waals surface area contributed by atoms with Gasteiger partial charge in [-0.25, -0.2) is 0 Å². The van der Waals surface area contributed by atoms with Crippen LogP contribution in [0.5, 0.6) is 0 Å². The minimum atomic E-state index is -0.591. The van der Waals surface area contributed by atoms with E-state index in [-0.39, 0.29) is 626 Å². The van der Waals surface area contributed by atoms with Crippen molar-refractivity contribution in [2.75, 3.05) is 26.2 Å². The maximum atomic E-state index is 12.3. The van der Waals surface area contributed by atoms with Crippen LogP contribution in [0.2, 0.25) is 0 Å². The number of amides is 8. The molecule has 28 nitrogen and oxygen atoms in total. The van der Waals surface area contributed by atoms with Crippen molar-refractivity contribution in [2.45, 2.75) is 261 Å². The summed E-state index contributed by atoms with van der Waals surface area (Å²) in [4.78, 5) is 267. The first-order valence-electron chi connectivity index (χ1n) is 39.2. The van der Waals surface area contributed by atoms with E-state index in [1.165, 1.54) is 36.8 Å². The molecule has 4 heterocycles. The van der Waals surface area contributed by atoms with Crippen molar-refractivity contribution in [1.29, 1.82) is 0 Å². The van der Waals surface area contributed by atoms with E-state index in [4.69, 9.17) is 4.79 Å². The molecule has 688 valence electrons. The molecule has 0 spiro atoms. The van der Waals surface area contributed by atoms with Crippen LogP contribution < -0.4 is 0 Å². The predicted molar refractivity (Wildman–Crippen MR) is 443 cm³/mol. The Labute approximate surface area is 1130 Å². The largest absolute Gasteiger partial charge is 3.00 e. The van der Waals surface area contributed by atoms with Gasteiger partial charge in [0.15, 0.2) is 23.1 Å². The van der Waals surface area contributed by atoms with Crippen molar-refractivity contribution in [3.63, 3.8) is 0 Å². The molecular formula is C89H126N4O24Y14. The quantitative estimate of drug-likeness (QED) is 0.0181. The minimum absolute atomic E-state index is 0. The van der Waals surface area contributed by atoms with E-state index in [0.29, 0.717) is 107 Å². The second-order valence-electron chi connectivity index (χ2n) is 25.1. The van der Waals surface area contributed by atoms with Gasteiger partial charge >= 0.3 is 65.4 Å². The molecule has 0 saturated carbocycles. The maximum absolute atomic E-state index is 12.3. The molecule has 0 aliphatic carbocycles. The van der Waals surface area contributed by atoms with Gasteiger partial charge in [-0.2, -0.15) is 19.8 Å². The van der Waals surface area contributed by atoms with E-state index in [1.807, 2.05) is 34.6 Å². The average molecular weight is 2880 g/mol. The van der Waals surface area contributed by atoms with Crippen molar-refractivity contribution in [3.05, 3.63) is 98.1 Å². The van der Waals surface area contributed by atoms with Crippen LogP contribution in [0.4, 0.5) is 0 Å². The number of ketones is 14. The van der Waals surface area contributed by atoms with Gasteiger partial charge in [0.2, 0.25) is 11.6 Å². The van der Waals surface area contributed by atoms with Gasteiger partial charge in [-0.15, -0.1) is 12.8 Å². The third-order valence-electron chi connectivity index (χ3n) is 16.8. The number of nitrogens with zero attached hydrogens (tertiary/aromatic N) is 4. The monoisotopic (exact) mass is 2880 g/mol. The van der Waals surface area contributed by atoms with Gasteiger partial charge in [-0.3, -0.25) is 118 Å². The number of allylic oxidation sites excluding steroid dienone is 4. The number of hydrogen-bond acceptors (Lipinski definition) is 24. The topological polar surface area (TPSA) is 423 Å². The molecule has 2 unspecified atom stereocenters. The van der Waals surface area contributed by atoms with E-state index in [2.05, 4.69) is 25.7 Å². The van der Waals surface area contributed by atoms with Crippen LogP contribution in [-0.2, 0) is 573 Å². The van der Waals surface area contributed by atoms with Crippen molar-refractivity contribution >= 4 is 141 Å². The average Bonchev–Trinajstić information content (AvgIpc) is 1.74. The standard InChI is InChI=1S/C18H20N2O6.C10H12NO3.C10H18O2.C10H16O2.C9H14O2.C8H13O2.C8H10O2.C7H6NO3.C4H7O.C3H5O.C2H5.14Y/c1-11(13(21)7-9-19-15(23)3-4-16(19)24)12(2)14(22)8-10-20-17(25)5-6-18(20)26;1-2-3-8(12)6-7-11-9(13)4-5-10(11)14;2*1-5-9(11)7(3)8(4)10(12)6-2;1-4-8(10)6-7(3)9(11)5-2;2*1-3-7(9)5-6-8(10)4-2;9-5-1-4-8-6(10)2-3-7(8)11;1-3-4(2)5;1-2-3-4;1-2;;;;;;;;;;;;;;/h3-6,11-12H,7-10H2,1-2H3;3-5H,2,6-7H2,1H3;7-8H,5-6H2,1-4H3;5-6H2,1-4H3;6H,4-5H2,1-3H3;5H,3-4,6H2,1-2H3;3-4H2,1-2H3;2-3H,1,4H2;2-3H2,1H3;2H2,1H3;1H2,2H3;;;;;;;;;;;;;;/q;-1;;;;-1;;4*-1;;;;;;;;;;;;;2*+3/b;;;8-7-;7-6-;;;;;;;;;;;;;;;;;;;;/t11-,12?;;7-,8?;;;;;;;;;;;;;;;;;;;;;;/m0.0....................../s1. The zero-order valence-electron chi connectivity index (χ0n) is 80.8. The second-order valence-corrected chi connectivity index (χ2v) is 25.1. The Morgan fingerprint density at radius 1 is 0.359 bits per heavy atom. The van der Waals surface area contributed by atoms with Gasteiger partial charge in [0.25, 0.3) is 47.3 Å². The molecule has 0 saturated heterocycles. The van der Waals surface area contributed by atoms with Crippen LogP contribution in [0.15, 0.2) is 71.4 Å². The summed E-state index contributed by atoms with van der Waals surface area (Å²) in [5.41, 5.74) is 1.80. The van der Waals surface area contributed by atoms with Crippen LogP contribution in [0, 0.1) is 62.2 Å². The minimum Gasteiger partial charge on any atom is -0.542 e. The molecule has 0 fully saturated rings. The summed E-state index contributed by atoms with van der Waals surface area (Å²) < 4.78 is 0. The van der Waals surface area contributed by atoms with E-state index in [9.17, 15) is 110 Å². The first kappa shape index (κ1) is 187. The molecule has 0 aromatic heterocycles. The summed E-state index contributed by atoms with van der Waals surface area (Å²) in [5.74, 6) is -0.185. The number of hydrogen-bond donors (Lipinski definition) is 0. The Balaban J connectivity index is -0.0000000549. The van der Waals surface area contributed by atoms with Crippen molar-refractivity contribution in [2.24, 2.45) is 23.7 Å². The van der Waals surface area contributed by atoms with E-state index in [1.54, 1.807) is 130 Å². The van der Waals surface area contributed by atoms with Crippen LogP contribution in [0.3, 0.4) is 0 Å². The fraction of sp³-hybridized carbons (Fsp3) is 0.528. The zero-order chi connectivity index (χ0) is 92.2. The molecule has 4 aliphatic rings. The predicted octanol–water partition coefficient (Wildman–Crippen LogP) is 10.9. The first-order chi connectivity index (χ1) is 54.9. The summed E-state index contributed by atoms with van der Waals surface area (Å²) in [7, 11) is 0. The zero-order valence-corrected chi connectivity index (χ0v) is 121. The molecule has 0 bridgehead atoms. The molecule has 4 aliphatic heterocycles. The van der Waals surface area contributed by atoms with E-state index < -0.39 is 35.5 Å². The normalized spacial score (nSPS) is 12.0. The van der Waals surface area contributed by atoms with Gasteiger partial charge in [0.05, 0.1) is 0 Å². The number of carbonyl (C=O) groups excluding carboxylic acids is 24. The van der Waals surface area contributed by atoms with Crippen LogP contribution in [0.1, 0.15) is 261 Å². The van der Waals surface area contributed by atoms with Gasteiger partial charge in [-0.05, 0) is 86.2 Å². The SMILES string of the molecule is CC(C(=O)CCN1C(=O)C=CC1=O)[C@H](C)C(=O)CCN1C(=O)C=CC1=O.CCC(=O)/C(C)=C(/C)C(=O)CC.CCC(=O)/C=C(/C)C(=O)CC.CCC(=O)C#CC(=O)CC.CCC(=O)C(C)[C@H](C)C(=O)CC.CCC(=O)[CH-]CC(=O)CC.CC[C-]=O.CC[CH-]C(=O)CCN1C(=O)C=CC1=O.O=[C-]CCN1C(=O)C=CC1=O.[CH2-]C.[CH2-]C(=O)CC.[Y+3].[Y+3].[Y].[Y].[Y].[Y].[Y].[Y].[Y].[Y].[Y].[Y].[Y].[Y].